The number of hydrogen-bond acceptors (Lipinski definition) is 3. The summed E-state index contributed by atoms with van der Waals surface area (Å²) in [5, 5.41) is 3.19. The van der Waals surface area contributed by atoms with Crippen molar-refractivity contribution < 1.29 is 25.2 Å². The topological polar surface area (TPSA) is 39.4 Å². The number of nitrogens with zero attached hydrogens (tertiary/aromatic N) is 3. The largest absolute Gasteiger partial charge is 2.00 e. The van der Waals surface area contributed by atoms with Crippen molar-refractivity contribution in [1.82, 2.24) is 14.4 Å². The van der Waals surface area contributed by atoms with E-state index in [-0.39, 0.29) is 20.4 Å². The molecule has 3 aromatic heterocycles. The summed E-state index contributed by atoms with van der Waals surface area (Å²) < 4.78 is 8.26. The maximum Gasteiger partial charge on any atom is 2.00 e. The van der Waals surface area contributed by atoms with Gasteiger partial charge in [0.2, 0.25) is 0 Å². The van der Waals surface area contributed by atoms with Gasteiger partial charge in [0.15, 0.2) is 0 Å². The number of benzene rings is 3. The molecule has 6 rings (SSSR count). The molecular formula is C27H17N3OPd. The first-order chi connectivity index (χ1) is 15.3. The van der Waals surface area contributed by atoms with Gasteiger partial charge in [0.05, 0.1) is 5.65 Å². The van der Waals surface area contributed by atoms with Crippen molar-refractivity contribution in [3.63, 3.8) is 0 Å². The third-order valence-electron chi connectivity index (χ3n) is 5.51. The summed E-state index contributed by atoms with van der Waals surface area (Å²) >= 11 is 0. The van der Waals surface area contributed by atoms with E-state index in [0.717, 1.165) is 44.1 Å². The minimum atomic E-state index is 0. The third-order valence-corrected chi connectivity index (χ3v) is 5.51. The van der Waals surface area contributed by atoms with Crippen LogP contribution in [0.1, 0.15) is 5.56 Å². The van der Waals surface area contributed by atoms with E-state index in [2.05, 4.69) is 50.8 Å². The van der Waals surface area contributed by atoms with E-state index in [1.807, 2.05) is 61.8 Å². The fourth-order valence-corrected chi connectivity index (χ4v) is 4.03. The van der Waals surface area contributed by atoms with Crippen molar-refractivity contribution in [3.05, 3.63) is 103 Å². The standard InChI is InChI=1S/C27H17N3O.Pd/c1-18-9-10-19(16-23(18)25-7-4-5-13-28-25)31-20-11-12-21-22-6-2-3-8-26(22)30-15-14-29-27(30)24(21)17-20;/h2-15H,1H3;/q-2;+2. The van der Waals surface area contributed by atoms with Crippen LogP contribution in [0.2, 0.25) is 0 Å². The fraction of sp³-hybridized carbons (Fsp3) is 0.0370. The molecule has 0 spiro atoms. The summed E-state index contributed by atoms with van der Waals surface area (Å²) in [5.74, 6) is 1.25. The van der Waals surface area contributed by atoms with Gasteiger partial charge >= 0.3 is 20.4 Å². The fourth-order valence-electron chi connectivity index (χ4n) is 4.03. The Morgan fingerprint density at radius 1 is 0.781 bits per heavy atom. The van der Waals surface area contributed by atoms with Crippen LogP contribution in [0.5, 0.6) is 11.5 Å². The smallest absolute Gasteiger partial charge is 0.497 e. The number of imidazole rings is 1. The predicted molar refractivity (Wildman–Crippen MR) is 122 cm³/mol. The summed E-state index contributed by atoms with van der Waals surface area (Å²) in [7, 11) is 0. The molecule has 0 N–H and O–H groups in total. The maximum atomic E-state index is 6.17. The molecule has 0 amide bonds. The molecule has 0 aliphatic rings. The first-order valence-electron chi connectivity index (χ1n) is 10.1. The van der Waals surface area contributed by atoms with Gasteiger partial charge in [-0.3, -0.25) is 4.98 Å². The summed E-state index contributed by atoms with van der Waals surface area (Å²) in [5.41, 5.74) is 4.88. The van der Waals surface area contributed by atoms with E-state index in [1.54, 1.807) is 6.20 Å². The molecule has 0 aliphatic heterocycles. The van der Waals surface area contributed by atoms with E-state index in [1.165, 1.54) is 0 Å². The van der Waals surface area contributed by atoms with Crippen molar-refractivity contribution in [3.8, 4) is 22.8 Å². The molecular weight excluding hydrogens is 489 g/mol. The van der Waals surface area contributed by atoms with Crippen LogP contribution in [0, 0.1) is 19.1 Å². The van der Waals surface area contributed by atoms with Crippen LogP contribution in [0.15, 0.2) is 85.3 Å². The van der Waals surface area contributed by atoms with Gasteiger partial charge in [-0.05, 0) is 23.2 Å². The van der Waals surface area contributed by atoms with Gasteiger partial charge in [0.1, 0.15) is 0 Å². The number of pyridine rings is 2. The second-order valence-corrected chi connectivity index (χ2v) is 7.45. The molecule has 3 aromatic carbocycles. The maximum absolute atomic E-state index is 6.17. The average molecular weight is 506 g/mol. The molecule has 156 valence electrons. The molecule has 0 aliphatic carbocycles. The second-order valence-electron chi connectivity index (χ2n) is 7.45. The molecule has 0 atom stereocenters. The van der Waals surface area contributed by atoms with Crippen molar-refractivity contribution in [1.29, 1.82) is 0 Å². The number of rotatable bonds is 3. The Balaban J connectivity index is 0.00000216. The van der Waals surface area contributed by atoms with Gasteiger partial charge in [-0.25, -0.2) is 0 Å². The zero-order valence-electron chi connectivity index (χ0n) is 17.1. The Morgan fingerprint density at radius 2 is 1.59 bits per heavy atom. The van der Waals surface area contributed by atoms with Crippen molar-refractivity contribution in [2.45, 2.75) is 6.92 Å². The molecule has 0 unspecified atom stereocenters. The van der Waals surface area contributed by atoms with Gasteiger partial charge in [0, 0.05) is 35.6 Å². The van der Waals surface area contributed by atoms with E-state index in [0.29, 0.717) is 11.5 Å². The molecule has 6 aromatic rings. The molecule has 0 saturated carbocycles. The first-order valence-corrected chi connectivity index (χ1v) is 10.1. The zero-order chi connectivity index (χ0) is 20.8. The Labute approximate surface area is 199 Å². The van der Waals surface area contributed by atoms with Crippen LogP contribution in [0.3, 0.4) is 0 Å². The Kier molecular flexibility index (Phi) is 5.22. The second kappa shape index (κ2) is 8.20. The Morgan fingerprint density at radius 3 is 2.47 bits per heavy atom. The molecule has 0 bridgehead atoms. The number of aromatic nitrogens is 3. The van der Waals surface area contributed by atoms with Gasteiger partial charge in [0.25, 0.3) is 0 Å². The Hall–Kier alpha value is -3.52. The molecule has 32 heavy (non-hydrogen) atoms. The average Bonchev–Trinajstić information content (AvgIpc) is 3.32. The minimum absolute atomic E-state index is 0. The van der Waals surface area contributed by atoms with Crippen molar-refractivity contribution >= 4 is 27.3 Å². The Bertz CT molecular complexity index is 1570. The molecule has 5 heteroatoms. The third kappa shape index (κ3) is 3.37. The number of fused-ring (bicyclic) bond motifs is 6. The molecule has 3 heterocycles. The van der Waals surface area contributed by atoms with Crippen molar-refractivity contribution in [2.24, 2.45) is 0 Å². The van der Waals surface area contributed by atoms with Crippen LogP contribution in [-0.4, -0.2) is 14.4 Å². The summed E-state index contributed by atoms with van der Waals surface area (Å²) in [6.45, 7) is 2.05. The zero-order valence-corrected chi connectivity index (χ0v) is 18.7. The molecule has 4 nitrogen and oxygen atoms in total. The van der Waals surface area contributed by atoms with E-state index < -0.39 is 0 Å². The normalized spacial score (nSPS) is 11.0. The van der Waals surface area contributed by atoms with E-state index in [4.69, 9.17) is 4.74 Å². The van der Waals surface area contributed by atoms with Gasteiger partial charge < -0.3 is 14.1 Å². The van der Waals surface area contributed by atoms with Gasteiger partial charge in [-0.2, -0.15) is 0 Å². The minimum Gasteiger partial charge on any atom is -0.497 e. The summed E-state index contributed by atoms with van der Waals surface area (Å²) in [4.78, 5) is 9.02. The van der Waals surface area contributed by atoms with Crippen LogP contribution < -0.4 is 4.74 Å². The summed E-state index contributed by atoms with van der Waals surface area (Å²) in [6, 6.07) is 28.9. The quantitative estimate of drug-likeness (QED) is 0.159. The van der Waals surface area contributed by atoms with Gasteiger partial charge in [-0.15, -0.1) is 29.3 Å². The molecule has 0 fully saturated rings. The SMILES string of the molecule is Cc1ccc(Oc2[c-]c3c(cc2)c2ccccc2n2ccnc32)[c-]c1-c1ccccn1.[Pd+2]. The van der Waals surface area contributed by atoms with E-state index in [9.17, 15) is 0 Å². The number of ether oxygens (including phenoxy) is 1. The predicted octanol–water partition coefficient (Wildman–Crippen LogP) is 6.40. The monoisotopic (exact) mass is 505 g/mol. The van der Waals surface area contributed by atoms with Gasteiger partial charge in [-0.1, -0.05) is 66.2 Å². The van der Waals surface area contributed by atoms with Crippen LogP contribution >= 0.6 is 0 Å². The number of hydrogen-bond donors (Lipinski definition) is 0. The van der Waals surface area contributed by atoms with Crippen LogP contribution in [-0.2, 0) is 20.4 Å². The molecule has 0 radical (unpaired) electrons. The summed E-state index contributed by atoms with van der Waals surface area (Å²) in [6.07, 6.45) is 5.58. The number of aryl methyl sites for hydroxylation is 1. The van der Waals surface area contributed by atoms with E-state index >= 15 is 0 Å². The van der Waals surface area contributed by atoms with Crippen molar-refractivity contribution in [2.75, 3.05) is 0 Å². The van der Waals surface area contributed by atoms with Crippen LogP contribution in [0.25, 0.3) is 38.6 Å². The van der Waals surface area contributed by atoms with Crippen LogP contribution in [0.4, 0.5) is 0 Å². The number of para-hydroxylation sites is 1. The molecule has 0 saturated heterocycles. The first kappa shape index (κ1) is 20.4.